The van der Waals surface area contributed by atoms with Crippen LogP contribution in [-0.4, -0.2) is 26.4 Å². The summed E-state index contributed by atoms with van der Waals surface area (Å²) in [7, 11) is 0. The standard InChI is InChI=1S/C10H12BrN5O/c1-2-3-17-9-5-13-4-8(14-9)16-6-7(11)10(12)15-16/h4-6H,2-3H2,1H3,(H2,12,15). The smallest absolute Gasteiger partial charge is 0.234 e. The lowest BCUT2D eigenvalue weighted by molar-refractivity contribution is 0.303. The fourth-order valence-corrected chi connectivity index (χ4v) is 1.48. The lowest BCUT2D eigenvalue weighted by atomic mass is 10.5. The van der Waals surface area contributed by atoms with Gasteiger partial charge in [0.2, 0.25) is 5.88 Å². The molecule has 2 aromatic heterocycles. The van der Waals surface area contributed by atoms with E-state index in [2.05, 4.69) is 31.0 Å². The van der Waals surface area contributed by atoms with Crippen LogP contribution < -0.4 is 10.5 Å². The molecule has 2 N–H and O–H groups in total. The van der Waals surface area contributed by atoms with Crippen LogP contribution in [0.5, 0.6) is 5.88 Å². The summed E-state index contributed by atoms with van der Waals surface area (Å²) in [6.45, 7) is 2.64. The van der Waals surface area contributed by atoms with Crippen molar-refractivity contribution in [3.63, 3.8) is 0 Å². The van der Waals surface area contributed by atoms with E-state index in [4.69, 9.17) is 10.5 Å². The first kappa shape index (κ1) is 11.8. The predicted molar refractivity (Wildman–Crippen MR) is 67.1 cm³/mol. The summed E-state index contributed by atoms with van der Waals surface area (Å²) in [5.41, 5.74) is 5.64. The van der Waals surface area contributed by atoms with Crippen LogP contribution in [0.3, 0.4) is 0 Å². The Balaban J connectivity index is 2.26. The highest BCUT2D eigenvalue weighted by Crippen LogP contribution is 2.19. The topological polar surface area (TPSA) is 78.9 Å². The molecule has 2 aromatic rings. The molecule has 2 rings (SSSR count). The van der Waals surface area contributed by atoms with E-state index in [1.165, 1.54) is 0 Å². The van der Waals surface area contributed by atoms with Crippen molar-refractivity contribution >= 4 is 21.7 Å². The van der Waals surface area contributed by atoms with Crippen molar-refractivity contribution in [2.45, 2.75) is 13.3 Å². The Morgan fingerprint density at radius 3 is 2.94 bits per heavy atom. The molecule has 0 aliphatic heterocycles. The Morgan fingerprint density at radius 2 is 2.29 bits per heavy atom. The van der Waals surface area contributed by atoms with Gasteiger partial charge in [0.25, 0.3) is 0 Å². The lowest BCUT2D eigenvalue weighted by Gasteiger charge is -2.04. The average Bonchev–Trinajstić information content (AvgIpc) is 2.68. The zero-order valence-electron chi connectivity index (χ0n) is 9.30. The van der Waals surface area contributed by atoms with Gasteiger partial charge in [0.15, 0.2) is 11.6 Å². The number of nitrogens with two attached hydrogens (primary N) is 1. The summed E-state index contributed by atoms with van der Waals surface area (Å²) in [4.78, 5) is 8.32. The number of halogens is 1. The third-order valence-electron chi connectivity index (χ3n) is 1.98. The monoisotopic (exact) mass is 297 g/mol. The van der Waals surface area contributed by atoms with Crippen molar-refractivity contribution in [1.29, 1.82) is 0 Å². The fraction of sp³-hybridized carbons (Fsp3) is 0.300. The normalized spacial score (nSPS) is 10.5. The molecule has 0 unspecified atom stereocenters. The van der Waals surface area contributed by atoms with E-state index >= 15 is 0 Å². The Hall–Kier alpha value is -1.63. The molecule has 0 fully saturated rings. The highest BCUT2D eigenvalue weighted by molar-refractivity contribution is 9.10. The fourth-order valence-electron chi connectivity index (χ4n) is 1.21. The third-order valence-corrected chi connectivity index (χ3v) is 2.60. The van der Waals surface area contributed by atoms with Gasteiger partial charge in [-0.15, -0.1) is 5.10 Å². The maximum Gasteiger partial charge on any atom is 0.234 e. The summed E-state index contributed by atoms with van der Waals surface area (Å²) >= 11 is 3.29. The molecule has 17 heavy (non-hydrogen) atoms. The van der Waals surface area contributed by atoms with Crippen LogP contribution in [0.25, 0.3) is 5.82 Å². The molecule has 0 aliphatic rings. The van der Waals surface area contributed by atoms with Crippen LogP contribution in [0.4, 0.5) is 5.82 Å². The SMILES string of the molecule is CCCOc1cncc(-n2cc(Br)c(N)n2)n1. The largest absolute Gasteiger partial charge is 0.477 e. The van der Waals surface area contributed by atoms with E-state index < -0.39 is 0 Å². The molecule has 0 amide bonds. The van der Waals surface area contributed by atoms with Crippen LogP contribution in [0, 0.1) is 0 Å². The van der Waals surface area contributed by atoms with Crippen molar-refractivity contribution in [2.75, 3.05) is 12.3 Å². The number of aromatic nitrogens is 4. The van der Waals surface area contributed by atoms with Gasteiger partial charge in [0, 0.05) is 6.20 Å². The second-order valence-corrected chi connectivity index (χ2v) is 4.23. The number of nitrogens with zero attached hydrogens (tertiary/aromatic N) is 4. The first-order valence-corrected chi connectivity index (χ1v) is 5.96. The Kier molecular flexibility index (Phi) is 3.58. The van der Waals surface area contributed by atoms with Crippen LogP contribution in [0.15, 0.2) is 23.1 Å². The van der Waals surface area contributed by atoms with E-state index in [-0.39, 0.29) is 0 Å². The van der Waals surface area contributed by atoms with Crippen molar-refractivity contribution in [2.24, 2.45) is 0 Å². The molecular weight excluding hydrogens is 286 g/mol. The maximum atomic E-state index is 5.64. The van der Waals surface area contributed by atoms with Gasteiger partial charge in [0.05, 0.1) is 23.5 Å². The number of rotatable bonds is 4. The number of hydrogen-bond acceptors (Lipinski definition) is 5. The molecule has 2 heterocycles. The first-order chi connectivity index (χ1) is 8.20. The van der Waals surface area contributed by atoms with Gasteiger partial charge in [-0.1, -0.05) is 6.92 Å². The molecule has 0 saturated carbocycles. The molecule has 0 aromatic carbocycles. The molecule has 0 aliphatic carbocycles. The van der Waals surface area contributed by atoms with Gasteiger partial charge in [-0.05, 0) is 22.4 Å². The molecule has 0 saturated heterocycles. The van der Waals surface area contributed by atoms with Crippen molar-refractivity contribution in [3.8, 4) is 11.7 Å². The third kappa shape index (κ3) is 2.73. The van der Waals surface area contributed by atoms with Crippen LogP contribution in [0.2, 0.25) is 0 Å². The summed E-state index contributed by atoms with van der Waals surface area (Å²) in [6, 6.07) is 0. The number of hydrogen-bond donors (Lipinski definition) is 1. The number of nitrogen functional groups attached to an aromatic ring is 1. The van der Waals surface area contributed by atoms with Gasteiger partial charge in [0.1, 0.15) is 0 Å². The van der Waals surface area contributed by atoms with Gasteiger partial charge in [-0.2, -0.15) is 4.98 Å². The average molecular weight is 298 g/mol. The lowest BCUT2D eigenvalue weighted by Crippen LogP contribution is -2.03. The highest BCUT2D eigenvalue weighted by atomic mass is 79.9. The maximum absolute atomic E-state index is 5.64. The van der Waals surface area contributed by atoms with Gasteiger partial charge in [-0.25, -0.2) is 4.68 Å². The minimum atomic E-state index is 0.409. The highest BCUT2D eigenvalue weighted by Gasteiger charge is 2.06. The van der Waals surface area contributed by atoms with E-state index in [0.29, 0.717) is 24.1 Å². The van der Waals surface area contributed by atoms with E-state index in [9.17, 15) is 0 Å². The summed E-state index contributed by atoms with van der Waals surface area (Å²) in [5, 5.41) is 4.09. The van der Waals surface area contributed by atoms with Crippen LogP contribution in [0.1, 0.15) is 13.3 Å². The Morgan fingerprint density at radius 1 is 1.47 bits per heavy atom. The second kappa shape index (κ2) is 5.13. The summed E-state index contributed by atoms with van der Waals surface area (Å²) in [5.74, 6) is 1.46. The minimum absolute atomic E-state index is 0.409. The quantitative estimate of drug-likeness (QED) is 0.931. The van der Waals surface area contributed by atoms with Crippen molar-refractivity contribution < 1.29 is 4.74 Å². The molecule has 6 nitrogen and oxygen atoms in total. The second-order valence-electron chi connectivity index (χ2n) is 3.37. The number of ether oxygens (including phenoxy) is 1. The van der Waals surface area contributed by atoms with Crippen molar-refractivity contribution in [1.82, 2.24) is 19.7 Å². The van der Waals surface area contributed by atoms with Crippen LogP contribution >= 0.6 is 15.9 Å². The van der Waals surface area contributed by atoms with E-state index in [1.54, 1.807) is 23.3 Å². The molecule has 0 radical (unpaired) electrons. The molecule has 0 spiro atoms. The molecular formula is C10H12BrN5O. The summed E-state index contributed by atoms with van der Waals surface area (Å²) in [6.07, 6.45) is 5.81. The van der Waals surface area contributed by atoms with E-state index in [0.717, 1.165) is 10.9 Å². The molecule has 0 atom stereocenters. The summed E-state index contributed by atoms with van der Waals surface area (Å²) < 4.78 is 7.66. The molecule has 7 heteroatoms. The zero-order chi connectivity index (χ0) is 12.3. The Bertz CT molecular complexity index is 494. The zero-order valence-corrected chi connectivity index (χ0v) is 10.9. The predicted octanol–water partition coefficient (Wildman–Crippen LogP) is 1.80. The van der Waals surface area contributed by atoms with Gasteiger partial charge < -0.3 is 10.5 Å². The van der Waals surface area contributed by atoms with Crippen LogP contribution in [-0.2, 0) is 0 Å². The minimum Gasteiger partial charge on any atom is -0.477 e. The molecule has 90 valence electrons. The number of anilines is 1. The first-order valence-electron chi connectivity index (χ1n) is 5.16. The van der Waals surface area contributed by atoms with E-state index in [1.807, 2.05) is 6.92 Å². The van der Waals surface area contributed by atoms with Crippen molar-refractivity contribution in [3.05, 3.63) is 23.1 Å². The van der Waals surface area contributed by atoms with Gasteiger partial charge >= 0.3 is 0 Å². The van der Waals surface area contributed by atoms with Gasteiger partial charge in [-0.3, -0.25) is 4.98 Å². The molecule has 0 bridgehead atoms. The Labute approximate surface area is 107 Å².